The van der Waals surface area contributed by atoms with Crippen LogP contribution in [0.25, 0.3) is 0 Å². The summed E-state index contributed by atoms with van der Waals surface area (Å²) in [6, 6.07) is 0. The second-order valence-electron chi connectivity index (χ2n) is 14.0. The van der Waals surface area contributed by atoms with Gasteiger partial charge in [0.15, 0.2) is 5.78 Å². The second kappa shape index (κ2) is 8.03. The zero-order valence-electron chi connectivity index (χ0n) is 22.0. The number of ketones is 1. The molecule has 4 heteroatoms. The van der Waals surface area contributed by atoms with Crippen molar-refractivity contribution in [3.05, 3.63) is 11.6 Å². The summed E-state index contributed by atoms with van der Waals surface area (Å²) in [5.41, 5.74) is 1.67. The first-order valence-corrected chi connectivity index (χ1v) is 14.0. The quantitative estimate of drug-likeness (QED) is 0.526. The van der Waals surface area contributed by atoms with Gasteiger partial charge in [0.05, 0.1) is 6.54 Å². The van der Waals surface area contributed by atoms with Crippen LogP contribution in [0.4, 0.5) is 0 Å². The predicted molar refractivity (Wildman–Crippen MR) is 134 cm³/mol. The lowest BCUT2D eigenvalue weighted by molar-refractivity contribution is -0.180. The van der Waals surface area contributed by atoms with E-state index in [9.17, 15) is 14.4 Å². The molecule has 0 aromatic rings. The van der Waals surface area contributed by atoms with Gasteiger partial charge in [-0.25, -0.2) is 0 Å². The SMILES string of the molecule is CC12CCCCC1C1=CC(=O)C3C(C)(CCC4C(C)(C)C(C(=O)NCC=O)CCC43C)C1CC2. The van der Waals surface area contributed by atoms with Gasteiger partial charge in [-0.05, 0) is 96.9 Å². The topological polar surface area (TPSA) is 63.2 Å². The van der Waals surface area contributed by atoms with Crippen LogP contribution in [-0.4, -0.2) is 24.5 Å². The van der Waals surface area contributed by atoms with Crippen LogP contribution in [0.2, 0.25) is 0 Å². The molecule has 4 saturated carbocycles. The van der Waals surface area contributed by atoms with Crippen LogP contribution in [0.15, 0.2) is 11.6 Å². The van der Waals surface area contributed by atoms with Gasteiger partial charge in [-0.2, -0.15) is 0 Å². The summed E-state index contributed by atoms with van der Waals surface area (Å²) in [5, 5.41) is 2.82. The minimum absolute atomic E-state index is 0.00787. The maximum absolute atomic E-state index is 14.1. The summed E-state index contributed by atoms with van der Waals surface area (Å²) < 4.78 is 0. The fourth-order valence-corrected chi connectivity index (χ4v) is 10.6. The summed E-state index contributed by atoms with van der Waals surface area (Å²) in [4.78, 5) is 37.9. The third-order valence-corrected chi connectivity index (χ3v) is 12.1. The third-order valence-electron chi connectivity index (χ3n) is 12.1. The molecule has 0 radical (unpaired) electrons. The Morgan fingerprint density at radius 2 is 1.68 bits per heavy atom. The number of amides is 1. The Labute approximate surface area is 206 Å². The van der Waals surface area contributed by atoms with Crippen molar-refractivity contribution in [3.8, 4) is 0 Å². The number of hydrogen-bond acceptors (Lipinski definition) is 3. The molecule has 8 unspecified atom stereocenters. The van der Waals surface area contributed by atoms with E-state index >= 15 is 0 Å². The van der Waals surface area contributed by atoms with Crippen molar-refractivity contribution >= 4 is 18.0 Å². The summed E-state index contributed by atoms with van der Waals surface area (Å²) >= 11 is 0. The molecule has 0 bridgehead atoms. The molecule has 188 valence electrons. The number of fused-ring (bicyclic) bond motifs is 7. The Hall–Kier alpha value is -1.45. The van der Waals surface area contributed by atoms with Crippen molar-refractivity contribution < 1.29 is 14.4 Å². The van der Waals surface area contributed by atoms with Gasteiger partial charge in [-0.3, -0.25) is 9.59 Å². The number of carbonyl (C=O) groups excluding carboxylic acids is 3. The van der Waals surface area contributed by atoms with E-state index in [1.54, 1.807) is 0 Å². The number of carbonyl (C=O) groups is 3. The zero-order valence-corrected chi connectivity index (χ0v) is 22.0. The van der Waals surface area contributed by atoms with Crippen LogP contribution >= 0.6 is 0 Å². The molecular formula is C30H45NO3. The van der Waals surface area contributed by atoms with E-state index in [2.05, 4.69) is 46.0 Å². The normalized spacial score (nSPS) is 47.3. The van der Waals surface area contributed by atoms with Crippen molar-refractivity contribution in [1.82, 2.24) is 5.32 Å². The highest BCUT2D eigenvalue weighted by atomic mass is 16.2. The molecule has 5 rings (SSSR count). The van der Waals surface area contributed by atoms with E-state index in [1.165, 1.54) is 44.1 Å². The maximum atomic E-state index is 14.1. The average Bonchev–Trinajstić information content (AvgIpc) is 2.76. The number of rotatable bonds is 3. The number of allylic oxidation sites excluding steroid dienone is 2. The van der Waals surface area contributed by atoms with Crippen LogP contribution in [0, 0.1) is 51.2 Å². The van der Waals surface area contributed by atoms with Crippen LogP contribution in [0.3, 0.4) is 0 Å². The molecule has 1 N–H and O–H groups in total. The van der Waals surface area contributed by atoms with Crippen LogP contribution < -0.4 is 5.32 Å². The monoisotopic (exact) mass is 467 g/mol. The fourth-order valence-electron chi connectivity index (χ4n) is 10.6. The first kappa shape index (κ1) is 24.3. The second-order valence-corrected chi connectivity index (χ2v) is 14.0. The average molecular weight is 468 g/mol. The van der Waals surface area contributed by atoms with E-state index in [4.69, 9.17) is 0 Å². The van der Waals surface area contributed by atoms with Gasteiger partial charge in [0, 0.05) is 11.8 Å². The number of nitrogens with one attached hydrogen (secondary N) is 1. The van der Waals surface area contributed by atoms with Gasteiger partial charge in [-0.1, -0.05) is 53.0 Å². The standard InChI is InChI=1S/C30H45NO3/c1-27(2)22(26(34)31-16-17-32)10-14-30(5)24(27)11-15-29(4)21-9-13-28(3)12-7-6-8-20(28)19(21)18-23(33)25(29)30/h17-18,20-22,24-25H,6-16H2,1-5H3,(H,31,34). The Bertz CT molecular complexity index is 920. The number of aldehydes is 1. The third kappa shape index (κ3) is 3.25. The van der Waals surface area contributed by atoms with Gasteiger partial charge in [0.25, 0.3) is 0 Å². The Kier molecular flexibility index (Phi) is 5.73. The van der Waals surface area contributed by atoms with Gasteiger partial charge in [-0.15, -0.1) is 0 Å². The largest absolute Gasteiger partial charge is 0.349 e. The minimum Gasteiger partial charge on any atom is -0.349 e. The van der Waals surface area contributed by atoms with E-state index < -0.39 is 0 Å². The molecule has 4 fully saturated rings. The van der Waals surface area contributed by atoms with Crippen molar-refractivity contribution in [2.75, 3.05) is 6.54 Å². The van der Waals surface area contributed by atoms with Crippen molar-refractivity contribution in [2.45, 2.75) is 98.8 Å². The Balaban J connectivity index is 1.50. The van der Waals surface area contributed by atoms with Gasteiger partial charge in [0.2, 0.25) is 5.91 Å². The Morgan fingerprint density at radius 3 is 2.41 bits per heavy atom. The lowest BCUT2D eigenvalue weighted by Crippen LogP contribution is -2.64. The molecule has 5 aliphatic rings. The molecule has 0 spiro atoms. The summed E-state index contributed by atoms with van der Waals surface area (Å²) in [5.74, 6) is 1.82. The molecule has 4 nitrogen and oxygen atoms in total. The predicted octanol–water partition coefficient (Wildman–Crippen LogP) is 5.89. The molecule has 0 aromatic heterocycles. The highest BCUT2D eigenvalue weighted by Crippen LogP contribution is 2.71. The van der Waals surface area contributed by atoms with Crippen molar-refractivity contribution in [3.63, 3.8) is 0 Å². The first-order valence-electron chi connectivity index (χ1n) is 14.0. The fraction of sp³-hybridized carbons (Fsp3) is 0.833. The highest BCUT2D eigenvalue weighted by Gasteiger charge is 2.66. The summed E-state index contributed by atoms with van der Waals surface area (Å²) in [7, 11) is 0. The van der Waals surface area contributed by atoms with Crippen LogP contribution in [0.1, 0.15) is 98.8 Å². The summed E-state index contributed by atoms with van der Waals surface area (Å²) in [6.07, 6.45) is 14.6. The molecule has 34 heavy (non-hydrogen) atoms. The highest BCUT2D eigenvalue weighted by molar-refractivity contribution is 5.95. The molecule has 0 aromatic carbocycles. The molecule has 5 aliphatic carbocycles. The van der Waals surface area contributed by atoms with E-state index in [-0.39, 0.29) is 40.5 Å². The molecular weight excluding hydrogens is 422 g/mol. The molecule has 0 aliphatic heterocycles. The van der Waals surface area contributed by atoms with E-state index in [0.29, 0.717) is 29.0 Å². The number of hydrogen-bond donors (Lipinski definition) is 1. The molecule has 0 heterocycles. The minimum atomic E-state index is -0.194. The first-order chi connectivity index (χ1) is 16.0. The van der Waals surface area contributed by atoms with Gasteiger partial charge < -0.3 is 10.1 Å². The lowest BCUT2D eigenvalue weighted by Gasteiger charge is -2.67. The van der Waals surface area contributed by atoms with E-state index in [1.807, 2.05) is 0 Å². The summed E-state index contributed by atoms with van der Waals surface area (Å²) in [6.45, 7) is 11.9. The molecule has 1 amide bonds. The van der Waals surface area contributed by atoms with E-state index in [0.717, 1.165) is 32.0 Å². The maximum Gasteiger partial charge on any atom is 0.224 e. The van der Waals surface area contributed by atoms with Crippen molar-refractivity contribution in [2.24, 2.45) is 51.2 Å². The van der Waals surface area contributed by atoms with Crippen molar-refractivity contribution in [1.29, 1.82) is 0 Å². The lowest BCUT2D eigenvalue weighted by atomic mass is 9.36. The van der Waals surface area contributed by atoms with Crippen LogP contribution in [-0.2, 0) is 14.4 Å². The van der Waals surface area contributed by atoms with Crippen LogP contribution in [0.5, 0.6) is 0 Å². The smallest absolute Gasteiger partial charge is 0.224 e. The van der Waals surface area contributed by atoms with Gasteiger partial charge >= 0.3 is 0 Å². The Morgan fingerprint density at radius 1 is 0.941 bits per heavy atom. The molecule has 0 saturated heterocycles. The molecule has 8 atom stereocenters. The zero-order chi connectivity index (χ0) is 24.5. The van der Waals surface area contributed by atoms with Gasteiger partial charge in [0.1, 0.15) is 6.29 Å².